The predicted octanol–water partition coefficient (Wildman–Crippen LogP) is 9.31. The first-order valence-corrected chi connectivity index (χ1v) is 33.6. The van der Waals surface area contributed by atoms with Crippen LogP contribution >= 0.6 is 0 Å². The first kappa shape index (κ1) is 82.9. The molecule has 23 unspecified atom stereocenters. The van der Waals surface area contributed by atoms with Crippen molar-refractivity contribution in [2.24, 2.45) is 62.1 Å². The van der Waals surface area contributed by atoms with Crippen molar-refractivity contribution in [1.29, 1.82) is 0 Å². The third kappa shape index (κ3) is 16.5. The molecule has 2 aliphatic heterocycles. The molecule has 91 heavy (non-hydrogen) atoms. The Hall–Kier alpha value is -2.29. The number of aliphatic carboxylic acids is 1. The largest absolute Gasteiger partial charge is 0.479 e. The van der Waals surface area contributed by atoms with Gasteiger partial charge in [-0.25, -0.2) is 4.79 Å². The molecule has 0 amide bonds. The van der Waals surface area contributed by atoms with Gasteiger partial charge in [-0.1, -0.05) is 136 Å². The van der Waals surface area contributed by atoms with Crippen LogP contribution in [-0.4, -0.2) is 198 Å². The quantitative estimate of drug-likeness (QED) is 0.0131. The number of allylic oxidation sites excluding steroid dienone is 2. The van der Waals surface area contributed by atoms with Gasteiger partial charge in [-0.05, 0) is 116 Å². The number of fused-ring (bicyclic) bond motifs is 7. The van der Waals surface area contributed by atoms with Crippen LogP contribution in [0.3, 0.4) is 0 Å². The number of carbonyl (C=O) groups is 3. The summed E-state index contributed by atoms with van der Waals surface area (Å²) in [4.78, 5) is 39.1. The van der Waals surface area contributed by atoms with Crippen LogP contribution in [0, 0.1) is 62.1 Å². The maximum Gasteiger partial charge on any atom is 0.335 e. The number of aliphatic hydroxyl groups is 7. The highest BCUT2D eigenvalue weighted by molar-refractivity contribution is 5.73. The fourth-order valence-corrected chi connectivity index (χ4v) is 17.6. The first-order chi connectivity index (χ1) is 41.8. The van der Waals surface area contributed by atoms with E-state index in [2.05, 4.69) is 40.7 Å². The molecule has 21 heteroatoms. The summed E-state index contributed by atoms with van der Waals surface area (Å²) in [5.74, 6) is -2.43. The van der Waals surface area contributed by atoms with E-state index >= 15 is 0 Å². The predicted molar refractivity (Wildman–Crippen MR) is 345 cm³/mol. The van der Waals surface area contributed by atoms with E-state index in [-0.39, 0.29) is 92.5 Å². The summed E-state index contributed by atoms with van der Waals surface area (Å²) in [7, 11) is 5.72. The van der Waals surface area contributed by atoms with Crippen LogP contribution in [0.4, 0.5) is 0 Å². The second kappa shape index (κ2) is 34.3. The van der Waals surface area contributed by atoms with Crippen molar-refractivity contribution in [3.05, 3.63) is 11.6 Å². The van der Waals surface area contributed by atoms with Gasteiger partial charge >= 0.3 is 11.9 Å². The summed E-state index contributed by atoms with van der Waals surface area (Å²) in [5.41, 5.74) is -2.57. The molecule has 4 saturated carbocycles. The Morgan fingerprint density at radius 1 is 0.703 bits per heavy atom. The maximum absolute atomic E-state index is 13.7. The molecule has 21 nitrogen and oxygen atoms in total. The number of hydrogen-bond donors (Lipinski definition) is 8. The van der Waals surface area contributed by atoms with E-state index in [0.717, 1.165) is 19.1 Å². The van der Waals surface area contributed by atoms with Gasteiger partial charge in [0.1, 0.15) is 49.0 Å². The number of carboxylic acid groups (broad SMARTS) is 1. The minimum Gasteiger partial charge on any atom is -0.479 e. The van der Waals surface area contributed by atoms with Crippen LogP contribution in [0.1, 0.15) is 215 Å². The first-order valence-electron chi connectivity index (χ1n) is 33.6. The molecule has 0 aromatic rings. The van der Waals surface area contributed by atoms with Gasteiger partial charge < -0.3 is 93.0 Å². The lowest BCUT2D eigenvalue weighted by Gasteiger charge is -2.72. The lowest BCUT2D eigenvalue weighted by Crippen LogP contribution is -2.69. The van der Waals surface area contributed by atoms with Crippen molar-refractivity contribution in [3.8, 4) is 0 Å². The zero-order valence-corrected chi connectivity index (χ0v) is 57.4. The molecule has 0 aromatic carbocycles. The number of aldehydes is 1. The molecular formula is C70H128O21. The number of methoxy groups -OCH3 is 4. The summed E-state index contributed by atoms with van der Waals surface area (Å²) >= 11 is 0. The van der Waals surface area contributed by atoms with Crippen molar-refractivity contribution >= 4 is 18.2 Å². The Morgan fingerprint density at radius 2 is 1.29 bits per heavy atom. The molecule has 2 saturated heterocycles. The van der Waals surface area contributed by atoms with Crippen molar-refractivity contribution in [2.45, 2.75) is 326 Å². The number of esters is 1. The highest BCUT2D eigenvalue weighted by Crippen LogP contribution is 2.76. The Bertz CT molecular complexity index is 2270. The minimum absolute atomic E-state index is 0. The maximum atomic E-state index is 13.7. The van der Waals surface area contributed by atoms with E-state index in [4.69, 9.17) is 47.4 Å². The second-order valence-electron chi connectivity index (χ2n) is 28.6. The van der Waals surface area contributed by atoms with Crippen molar-refractivity contribution in [3.63, 3.8) is 0 Å². The molecule has 7 aliphatic rings. The van der Waals surface area contributed by atoms with Crippen LogP contribution in [0.25, 0.3) is 0 Å². The number of carbonyl (C=O) groups excluding carboxylic acids is 2. The summed E-state index contributed by atoms with van der Waals surface area (Å²) in [6.07, 6.45) is -11.0. The molecule has 0 radical (unpaired) electrons. The van der Waals surface area contributed by atoms with Crippen LogP contribution in [0.5, 0.6) is 0 Å². The van der Waals surface area contributed by atoms with Gasteiger partial charge in [-0.15, -0.1) is 0 Å². The zero-order valence-electron chi connectivity index (χ0n) is 57.4. The number of ether oxygens (including phenoxy) is 10. The topological polar surface area (TPSA) is 305 Å². The monoisotopic (exact) mass is 1300 g/mol. The Morgan fingerprint density at radius 3 is 1.85 bits per heavy atom. The number of hydrogen-bond acceptors (Lipinski definition) is 20. The van der Waals surface area contributed by atoms with E-state index in [1.807, 2.05) is 62.3 Å². The Balaban J connectivity index is 0.00000353. The van der Waals surface area contributed by atoms with Crippen molar-refractivity contribution in [2.75, 3.05) is 28.4 Å². The number of carboxylic acids is 1. The smallest absolute Gasteiger partial charge is 0.335 e. The van der Waals surface area contributed by atoms with E-state index in [9.17, 15) is 55.2 Å². The number of aliphatic hydroxyl groups excluding tert-OH is 7. The van der Waals surface area contributed by atoms with E-state index in [1.165, 1.54) is 26.9 Å². The Kier molecular flexibility index (Phi) is 31.2. The van der Waals surface area contributed by atoms with E-state index in [1.54, 1.807) is 14.0 Å². The molecule has 534 valence electrons. The van der Waals surface area contributed by atoms with Crippen molar-refractivity contribution in [1.82, 2.24) is 0 Å². The second-order valence-corrected chi connectivity index (χ2v) is 28.6. The SMILES string of the molecule is C.C.CC.CC.CCC(C)C(CC(O)CC(=O)OC(CC(O)CC(O)OC1C(O)C(C)OC(OC(O)[C@]23CCC(C)(C)C[C@@H]2C2=CC[C@@H]4C5(C)CCC(OC6OC(C(=O)O)C(O)C(OC)C6OC)[C@@](C)(C=O)[C@@H]5CCC4(C)C2(C)CC3O)C1OC)C(C)CC)OC. The van der Waals surface area contributed by atoms with E-state index < -0.39 is 133 Å². The standard InChI is InChI=1S/C64H108O21.2C2H6.2CH4/c1-16-33(3)40(76-12)26-36(66)28-46(69)81-41(34(4)17-2)27-37(67)29-47(70)83-51-48(71)35(5)80-56(54(51)79-15)85-58(75)64-25-24-59(6,7)30-39(64)38-18-19-43-60(8)22-21-45(82-57-53(78-14)50(77-13)49(72)52(84-57)55(73)74)61(9,32-65)42(60)20-23-62(43,10)63(38,11)31-44(64)68;2*1-2;;/h18,32-37,39-45,47-54,56-58,66-68,70-72,75H,16-17,19-31H2,1-15H3,(H,73,74);2*1-2H3;2*1H4/t33?,34?,35?,36?,37?,39-,40?,41?,42-,43-,44?,45?,47?,48?,49?,50?,51?,52?,53?,54?,56?,57?,58?,60?,61+,62?,63?,64-;;;;/m1..../s1. The highest BCUT2D eigenvalue weighted by atomic mass is 16.8. The molecule has 6 fully saturated rings. The van der Waals surface area contributed by atoms with Gasteiger partial charge in [0, 0.05) is 47.7 Å². The average molecular weight is 1310 g/mol. The normalized spacial score (nSPS) is 40.9. The van der Waals surface area contributed by atoms with Crippen LogP contribution in [-0.2, 0) is 61.8 Å². The molecule has 0 bridgehead atoms. The summed E-state index contributed by atoms with van der Waals surface area (Å²) in [6.45, 7) is 30.7. The fourth-order valence-electron chi connectivity index (χ4n) is 17.6. The van der Waals surface area contributed by atoms with Crippen LogP contribution in [0.2, 0.25) is 0 Å². The van der Waals surface area contributed by atoms with Gasteiger partial charge in [0.2, 0.25) is 0 Å². The molecule has 28 atom stereocenters. The third-order valence-electron chi connectivity index (χ3n) is 23.4. The Labute approximate surface area is 546 Å². The lowest BCUT2D eigenvalue weighted by atomic mass is 9.33. The minimum atomic E-state index is -1.64. The lowest BCUT2D eigenvalue weighted by molar-refractivity contribution is -0.372. The average Bonchev–Trinajstić information content (AvgIpc) is 0.674. The van der Waals surface area contributed by atoms with Crippen LogP contribution < -0.4 is 0 Å². The molecule has 5 aliphatic carbocycles. The summed E-state index contributed by atoms with van der Waals surface area (Å²) in [6, 6.07) is 0. The van der Waals surface area contributed by atoms with Gasteiger partial charge in [0.25, 0.3) is 0 Å². The van der Waals surface area contributed by atoms with Gasteiger partial charge in [0.05, 0.1) is 53.9 Å². The van der Waals surface area contributed by atoms with Gasteiger partial charge in [0.15, 0.2) is 31.3 Å². The molecule has 7 rings (SSSR count). The molecular weight excluding hydrogens is 1180 g/mol. The summed E-state index contributed by atoms with van der Waals surface area (Å²) in [5, 5.41) is 92.0. The molecule has 2 heterocycles. The third-order valence-corrected chi connectivity index (χ3v) is 23.4. The van der Waals surface area contributed by atoms with Crippen molar-refractivity contribution < 1.29 is 103 Å². The van der Waals surface area contributed by atoms with E-state index in [0.29, 0.717) is 57.8 Å². The molecule has 8 N–H and O–H groups in total. The van der Waals surface area contributed by atoms with Crippen LogP contribution in [0.15, 0.2) is 11.6 Å². The fraction of sp³-hybridized carbons (Fsp3) is 0.929. The highest BCUT2D eigenvalue weighted by Gasteiger charge is 2.72. The molecule has 0 aromatic heterocycles. The number of rotatable bonds is 26. The van der Waals surface area contributed by atoms with Gasteiger partial charge in [-0.3, -0.25) is 4.79 Å². The molecule has 0 spiro atoms. The zero-order chi connectivity index (χ0) is 67.1. The van der Waals surface area contributed by atoms with Gasteiger partial charge in [-0.2, -0.15) is 0 Å². The summed E-state index contributed by atoms with van der Waals surface area (Å²) < 4.78 is 60.2.